The number of nitrogens with zero attached hydrogens (tertiary/aromatic N) is 2. The van der Waals surface area contributed by atoms with Gasteiger partial charge in [0.25, 0.3) is 0 Å². The van der Waals surface area contributed by atoms with Crippen molar-refractivity contribution < 1.29 is 13.2 Å². The molecule has 0 spiro atoms. The molecule has 0 radical (unpaired) electrons. The highest BCUT2D eigenvalue weighted by Gasteiger charge is 2.31. The van der Waals surface area contributed by atoms with Crippen LogP contribution in [0.2, 0.25) is 0 Å². The lowest BCUT2D eigenvalue weighted by molar-refractivity contribution is -0.137. The van der Waals surface area contributed by atoms with Crippen LogP contribution >= 0.6 is 12.2 Å². The number of nitrogens with two attached hydrogens (primary N) is 1. The molecule has 116 valence electrons. The number of alkyl halides is 3. The Morgan fingerprint density at radius 3 is 2.52 bits per heavy atom. The van der Waals surface area contributed by atoms with Crippen LogP contribution in [0.25, 0.3) is 0 Å². The third kappa shape index (κ3) is 3.85. The molecular weight excluding hydrogens is 299 g/mol. The second kappa shape index (κ2) is 6.19. The van der Waals surface area contributed by atoms with Gasteiger partial charge in [0.1, 0.15) is 4.99 Å². The van der Waals surface area contributed by atoms with Gasteiger partial charge in [0.2, 0.25) is 0 Å². The van der Waals surface area contributed by atoms with Crippen molar-refractivity contribution in [1.29, 1.82) is 0 Å². The molecule has 3 nitrogen and oxygen atoms in total. The summed E-state index contributed by atoms with van der Waals surface area (Å²) in [4.78, 5) is 4.25. The van der Waals surface area contributed by atoms with E-state index in [-0.39, 0.29) is 4.99 Å². The van der Waals surface area contributed by atoms with E-state index in [1.165, 1.54) is 6.07 Å². The fourth-order valence-corrected chi connectivity index (χ4v) is 2.64. The second-order valence-corrected chi connectivity index (χ2v) is 5.68. The minimum absolute atomic E-state index is 0.00583. The van der Waals surface area contributed by atoms with Crippen molar-refractivity contribution in [2.24, 2.45) is 5.73 Å². The van der Waals surface area contributed by atoms with Crippen molar-refractivity contribution in [2.45, 2.75) is 12.6 Å². The Bertz CT molecular complexity index is 531. The Balaban J connectivity index is 2.36. The van der Waals surface area contributed by atoms with Crippen molar-refractivity contribution in [3.63, 3.8) is 0 Å². The Morgan fingerprint density at radius 1 is 1.19 bits per heavy atom. The van der Waals surface area contributed by atoms with Gasteiger partial charge in [-0.1, -0.05) is 12.2 Å². The summed E-state index contributed by atoms with van der Waals surface area (Å²) < 4.78 is 38.5. The van der Waals surface area contributed by atoms with Gasteiger partial charge in [-0.05, 0) is 38.2 Å². The summed E-state index contributed by atoms with van der Waals surface area (Å²) in [7, 11) is 2.03. The molecule has 1 aliphatic heterocycles. The minimum Gasteiger partial charge on any atom is -0.389 e. The Kier molecular flexibility index (Phi) is 4.73. The molecule has 1 heterocycles. The summed E-state index contributed by atoms with van der Waals surface area (Å²) in [6, 6.07) is 3.61. The standard InChI is InChI=1S/C14H18F3N3S/c1-19-5-2-6-20(8-7-19)12-4-3-10(14(15,16)17)9-11(12)13(18)21/h3-4,9H,2,5-8H2,1H3,(H2,18,21). The van der Waals surface area contributed by atoms with E-state index in [2.05, 4.69) is 9.80 Å². The maximum absolute atomic E-state index is 12.8. The van der Waals surface area contributed by atoms with Crippen molar-refractivity contribution in [3.8, 4) is 0 Å². The highest BCUT2D eigenvalue weighted by Crippen LogP contribution is 2.33. The van der Waals surface area contributed by atoms with E-state index in [0.717, 1.165) is 44.7 Å². The van der Waals surface area contributed by atoms with Gasteiger partial charge in [-0.15, -0.1) is 0 Å². The number of anilines is 1. The molecule has 1 aromatic rings. The summed E-state index contributed by atoms with van der Waals surface area (Å²) in [5, 5.41) is 0. The normalized spacial score (nSPS) is 17.6. The number of likely N-dealkylation sites (N-methyl/N-ethyl adjacent to an activating group) is 1. The number of hydrogen-bond acceptors (Lipinski definition) is 3. The smallest absolute Gasteiger partial charge is 0.389 e. The van der Waals surface area contributed by atoms with Gasteiger partial charge in [0.15, 0.2) is 0 Å². The predicted octanol–water partition coefficient (Wildman–Crippen LogP) is 2.48. The average molecular weight is 317 g/mol. The molecule has 1 saturated heterocycles. The van der Waals surface area contributed by atoms with Gasteiger partial charge in [0, 0.05) is 30.9 Å². The molecule has 1 aromatic carbocycles. The fourth-order valence-electron chi connectivity index (χ4n) is 2.47. The summed E-state index contributed by atoms with van der Waals surface area (Å²) in [6.45, 7) is 3.36. The Labute approximate surface area is 127 Å². The summed E-state index contributed by atoms with van der Waals surface area (Å²) in [5.74, 6) is 0. The van der Waals surface area contributed by atoms with E-state index in [0.29, 0.717) is 11.3 Å². The largest absolute Gasteiger partial charge is 0.416 e. The zero-order chi connectivity index (χ0) is 15.6. The van der Waals surface area contributed by atoms with Crippen LogP contribution in [-0.2, 0) is 6.18 Å². The van der Waals surface area contributed by atoms with Gasteiger partial charge in [0.05, 0.1) is 5.56 Å². The van der Waals surface area contributed by atoms with E-state index in [1.807, 2.05) is 7.05 Å². The molecule has 7 heteroatoms. The average Bonchev–Trinajstić information content (AvgIpc) is 2.61. The highest BCUT2D eigenvalue weighted by molar-refractivity contribution is 7.80. The summed E-state index contributed by atoms with van der Waals surface area (Å²) >= 11 is 4.93. The highest BCUT2D eigenvalue weighted by atomic mass is 32.1. The van der Waals surface area contributed by atoms with E-state index >= 15 is 0 Å². The van der Waals surface area contributed by atoms with Crippen LogP contribution in [0.3, 0.4) is 0 Å². The fraction of sp³-hybridized carbons (Fsp3) is 0.500. The van der Waals surface area contributed by atoms with Gasteiger partial charge >= 0.3 is 6.18 Å². The lowest BCUT2D eigenvalue weighted by Crippen LogP contribution is -2.30. The molecule has 2 rings (SSSR count). The molecule has 1 fully saturated rings. The Hall–Kier alpha value is -1.34. The van der Waals surface area contributed by atoms with Crippen LogP contribution in [0.5, 0.6) is 0 Å². The van der Waals surface area contributed by atoms with E-state index < -0.39 is 11.7 Å². The minimum atomic E-state index is -4.39. The zero-order valence-electron chi connectivity index (χ0n) is 11.8. The SMILES string of the molecule is CN1CCCN(c2ccc(C(F)(F)F)cc2C(N)=S)CC1. The van der Waals surface area contributed by atoms with Crippen molar-refractivity contribution in [3.05, 3.63) is 29.3 Å². The van der Waals surface area contributed by atoms with Crippen LogP contribution in [0.15, 0.2) is 18.2 Å². The third-order valence-electron chi connectivity index (χ3n) is 3.65. The number of rotatable bonds is 2. The molecule has 0 aromatic heterocycles. The molecule has 0 unspecified atom stereocenters. The van der Waals surface area contributed by atoms with Crippen molar-refractivity contribution in [2.75, 3.05) is 38.1 Å². The van der Waals surface area contributed by atoms with Crippen molar-refractivity contribution in [1.82, 2.24) is 4.90 Å². The monoisotopic (exact) mass is 317 g/mol. The van der Waals surface area contributed by atoms with Gasteiger partial charge in [-0.25, -0.2) is 0 Å². The van der Waals surface area contributed by atoms with Crippen LogP contribution < -0.4 is 10.6 Å². The lowest BCUT2D eigenvalue weighted by atomic mass is 10.1. The first-order valence-electron chi connectivity index (χ1n) is 6.73. The van der Waals surface area contributed by atoms with E-state index in [9.17, 15) is 13.2 Å². The van der Waals surface area contributed by atoms with E-state index in [1.54, 1.807) is 0 Å². The molecule has 21 heavy (non-hydrogen) atoms. The van der Waals surface area contributed by atoms with Crippen LogP contribution in [0, 0.1) is 0 Å². The molecule has 2 N–H and O–H groups in total. The maximum atomic E-state index is 12.8. The predicted molar refractivity (Wildman–Crippen MR) is 81.7 cm³/mol. The lowest BCUT2D eigenvalue weighted by Gasteiger charge is -2.26. The van der Waals surface area contributed by atoms with Gasteiger partial charge < -0.3 is 15.5 Å². The molecule has 0 aliphatic carbocycles. The van der Waals surface area contributed by atoms with Crippen LogP contribution in [0.4, 0.5) is 18.9 Å². The number of benzene rings is 1. The maximum Gasteiger partial charge on any atom is 0.416 e. The zero-order valence-corrected chi connectivity index (χ0v) is 12.6. The molecular formula is C14H18F3N3S. The topological polar surface area (TPSA) is 32.5 Å². The van der Waals surface area contributed by atoms with Gasteiger partial charge in [-0.3, -0.25) is 0 Å². The van der Waals surface area contributed by atoms with Gasteiger partial charge in [-0.2, -0.15) is 13.2 Å². The quantitative estimate of drug-likeness (QED) is 0.850. The van der Waals surface area contributed by atoms with E-state index in [4.69, 9.17) is 18.0 Å². The first-order valence-corrected chi connectivity index (χ1v) is 7.14. The second-order valence-electron chi connectivity index (χ2n) is 5.24. The number of halogens is 3. The summed E-state index contributed by atoms with van der Waals surface area (Å²) in [6.07, 6.45) is -3.44. The number of thiocarbonyl (C=S) groups is 1. The summed E-state index contributed by atoms with van der Waals surface area (Å²) in [5.41, 5.74) is 5.89. The molecule has 0 amide bonds. The van der Waals surface area contributed by atoms with Crippen LogP contribution in [-0.4, -0.2) is 43.1 Å². The molecule has 1 aliphatic rings. The van der Waals surface area contributed by atoms with Crippen molar-refractivity contribution >= 4 is 22.9 Å². The number of hydrogen-bond donors (Lipinski definition) is 1. The first kappa shape index (κ1) is 16.0. The molecule has 0 bridgehead atoms. The Morgan fingerprint density at radius 2 is 1.90 bits per heavy atom. The molecule has 0 saturated carbocycles. The van der Waals surface area contributed by atoms with Crippen LogP contribution in [0.1, 0.15) is 17.5 Å². The molecule has 0 atom stereocenters. The third-order valence-corrected chi connectivity index (χ3v) is 3.87. The first-order chi connectivity index (χ1) is 9.79.